The van der Waals surface area contributed by atoms with Crippen LogP contribution in [0, 0.1) is 6.92 Å². The molecule has 4 nitrogen and oxygen atoms in total. The molecule has 0 saturated carbocycles. The summed E-state index contributed by atoms with van der Waals surface area (Å²) in [5, 5.41) is 3.53. The van der Waals surface area contributed by atoms with E-state index in [2.05, 4.69) is 5.32 Å². The molecule has 0 fully saturated rings. The zero-order valence-electron chi connectivity index (χ0n) is 14.8. The third-order valence-corrected chi connectivity index (χ3v) is 3.90. The van der Waals surface area contributed by atoms with Crippen molar-refractivity contribution in [2.24, 2.45) is 0 Å². The highest BCUT2D eigenvalue weighted by molar-refractivity contribution is 6.30. The molecular formula is C20H24ClNO3. The minimum Gasteiger partial charge on any atom is -0.484 e. The minimum absolute atomic E-state index is 0.0346. The van der Waals surface area contributed by atoms with E-state index in [-0.39, 0.29) is 18.6 Å². The van der Waals surface area contributed by atoms with Gasteiger partial charge in [-0.1, -0.05) is 35.9 Å². The number of hydrogen-bond donors (Lipinski definition) is 1. The summed E-state index contributed by atoms with van der Waals surface area (Å²) in [6.07, 6.45) is 0.165. The van der Waals surface area contributed by atoms with Gasteiger partial charge >= 0.3 is 0 Å². The van der Waals surface area contributed by atoms with Gasteiger partial charge < -0.3 is 14.8 Å². The second-order valence-electron chi connectivity index (χ2n) is 6.10. The second-order valence-corrected chi connectivity index (χ2v) is 6.54. The molecule has 134 valence electrons. The van der Waals surface area contributed by atoms with Crippen molar-refractivity contribution in [2.75, 3.05) is 6.61 Å². The molecule has 0 heterocycles. The van der Waals surface area contributed by atoms with Crippen LogP contribution in [-0.2, 0) is 22.7 Å². The van der Waals surface area contributed by atoms with Crippen LogP contribution in [0.3, 0.4) is 0 Å². The number of amides is 1. The summed E-state index contributed by atoms with van der Waals surface area (Å²) in [6.45, 7) is 6.84. The summed E-state index contributed by atoms with van der Waals surface area (Å²) < 4.78 is 11.2. The molecule has 0 saturated heterocycles. The number of halogens is 1. The van der Waals surface area contributed by atoms with Gasteiger partial charge in [0, 0.05) is 11.6 Å². The van der Waals surface area contributed by atoms with E-state index in [9.17, 15) is 4.79 Å². The number of aryl methyl sites for hydroxylation is 1. The summed E-state index contributed by atoms with van der Waals surface area (Å²) in [6, 6.07) is 13.2. The van der Waals surface area contributed by atoms with E-state index >= 15 is 0 Å². The number of rotatable bonds is 8. The van der Waals surface area contributed by atoms with Crippen molar-refractivity contribution in [1.82, 2.24) is 5.32 Å². The van der Waals surface area contributed by atoms with Gasteiger partial charge in [0.05, 0.1) is 12.7 Å². The van der Waals surface area contributed by atoms with E-state index in [0.717, 1.165) is 16.7 Å². The molecule has 0 spiro atoms. The Labute approximate surface area is 154 Å². The van der Waals surface area contributed by atoms with Gasteiger partial charge in [-0.2, -0.15) is 0 Å². The Morgan fingerprint density at radius 2 is 1.88 bits per heavy atom. The fourth-order valence-electron chi connectivity index (χ4n) is 2.29. The number of hydrogen-bond acceptors (Lipinski definition) is 3. The molecule has 0 aliphatic carbocycles. The molecule has 0 atom stereocenters. The number of benzene rings is 2. The molecule has 0 aliphatic rings. The highest BCUT2D eigenvalue weighted by Gasteiger charge is 2.08. The maximum atomic E-state index is 12.1. The third-order valence-electron chi connectivity index (χ3n) is 3.66. The third kappa shape index (κ3) is 6.40. The summed E-state index contributed by atoms with van der Waals surface area (Å²) in [7, 11) is 0. The van der Waals surface area contributed by atoms with Crippen LogP contribution in [0.25, 0.3) is 0 Å². The van der Waals surface area contributed by atoms with Crippen molar-refractivity contribution in [1.29, 1.82) is 0 Å². The van der Waals surface area contributed by atoms with Crippen LogP contribution in [0.1, 0.15) is 30.5 Å². The average Bonchev–Trinajstić information content (AvgIpc) is 2.58. The van der Waals surface area contributed by atoms with Gasteiger partial charge in [-0.3, -0.25) is 4.79 Å². The lowest BCUT2D eigenvalue weighted by Gasteiger charge is -2.13. The van der Waals surface area contributed by atoms with Crippen LogP contribution in [-0.4, -0.2) is 18.6 Å². The fraction of sp³-hybridized carbons (Fsp3) is 0.350. The summed E-state index contributed by atoms with van der Waals surface area (Å²) in [5.41, 5.74) is 3.02. The summed E-state index contributed by atoms with van der Waals surface area (Å²) in [4.78, 5) is 12.1. The van der Waals surface area contributed by atoms with Crippen molar-refractivity contribution in [3.63, 3.8) is 0 Å². The zero-order valence-corrected chi connectivity index (χ0v) is 15.6. The quantitative estimate of drug-likeness (QED) is 0.763. The monoisotopic (exact) mass is 361 g/mol. The van der Waals surface area contributed by atoms with E-state index in [1.807, 2.05) is 45.0 Å². The smallest absolute Gasteiger partial charge is 0.258 e. The van der Waals surface area contributed by atoms with Crippen LogP contribution in [0.4, 0.5) is 0 Å². The normalized spacial score (nSPS) is 10.8. The molecular weight excluding hydrogens is 338 g/mol. The molecule has 2 aromatic rings. The van der Waals surface area contributed by atoms with E-state index in [4.69, 9.17) is 21.1 Å². The molecule has 0 aromatic heterocycles. The van der Waals surface area contributed by atoms with Crippen molar-refractivity contribution < 1.29 is 14.3 Å². The molecule has 5 heteroatoms. The van der Waals surface area contributed by atoms with Gasteiger partial charge in [0.1, 0.15) is 5.75 Å². The SMILES string of the molecule is Cc1cc(Cl)ccc1OCC(=O)NCc1ccccc1COC(C)C. The van der Waals surface area contributed by atoms with Crippen molar-refractivity contribution in [2.45, 2.75) is 40.0 Å². The average molecular weight is 362 g/mol. The highest BCUT2D eigenvalue weighted by atomic mass is 35.5. The molecule has 0 bridgehead atoms. The van der Waals surface area contributed by atoms with E-state index < -0.39 is 0 Å². The first-order chi connectivity index (χ1) is 12.0. The number of carbonyl (C=O) groups excluding carboxylic acids is 1. The van der Waals surface area contributed by atoms with Crippen LogP contribution in [0.15, 0.2) is 42.5 Å². The Balaban J connectivity index is 1.85. The van der Waals surface area contributed by atoms with E-state index in [0.29, 0.717) is 23.9 Å². The summed E-state index contributed by atoms with van der Waals surface area (Å²) >= 11 is 5.91. The van der Waals surface area contributed by atoms with Crippen molar-refractivity contribution in [3.8, 4) is 5.75 Å². The lowest BCUT2D eigenvalue weighted by Crippen LogP contribution is -2.29. The van der Waals surface area contributed by atoms with Gasteiger partial charge in [0.2, 0.25) is 0 Å². The van der Waals surface area contributed by atoms with Crippen LogP contribution in [0.5, 0.6) is 5.75 Å². The maximum Gasteiger partial charge on any atom is 0.258 e. The Hall–Kier alpha value is -2.04. The van der Waals surface area contributed by atoms with Gasteiger partial charge in [-0.05, 0) is 55.7 Å². The molecule has 1 amide bonds. The minimum atomic E-state index is -0.172. The van der Waals surface area contributed by atoms with Crippen LogP contribution in [0.2, 0.25) is 5.02 Å². The maximum absolute atomic E-state index is 12.1. The second kappa shape index (κ2) is 9.44. The Morgan fingerprint density at radius 3 is 2.56 bits per heavy atom. The van der Waals surface area contributed by atoms with Crippen molar-refractivity contribution in [3.05, 3.63) is 64.2 Å². The van der Waals surface area contributed by atoms with Gasteiger partial charge in [0.15, 0.2) is 6.61 Å². The zero-order chi connectivity index (χ0) is 18.2. The highest BCUT2D eigenvalue weighted by Crippen LogP contribution is 2.21. The van der Waals surface area contributed by atoms with Crippen LogP contribution >= 0.6 is 11.6 Å². The van der Waals surface area contributed by atoms with E-state index in [1.165, 1.54) is 0 Å². The van der Waals surface area contributed by atoms with Gasteiger partial charge in [-0.15, -0.1) is 0 Å². The predicted molar refractivity (Wildman–Crippen MR) is 99.9 cm³/mol. The lowest BCUT2D eigenvalue weighted by atomic mass is 10.1. The lowest BCUT2D eigenvalue weighted by molar-refractivity contribution is -0.123. The molecule has 1 N–H and O–H groups in total. The first-order valence-electron chi connectivity index (χ1n) is 8.29. The first-order valence-corrected chi connectivity index (χ1v) is 8.67. The fourth-order valence-corrected chi connectivity index (χ4v) is 2.52. The molecule has 0 radical (unpaired) electrons. The molecule has 2 rings (SSSR count). The number of nitrogens with one attached hydrogen (secondary N) is 1. The molecule has 0 unspecified atom stereocenters. The van der Waals surface area contributed by atoms with Crippen LogP contribution < -0.4 is 10.1 Å². The Kier molecular flexibility index (Phi) is 7.29. The largest absolute Gasteiger partial charge is 0.484 e. The predicted octanol–water partition coefficient (Wildman–Crippen LogP) is 4.27. The Morgan fingerprint density at radius 1 is 1.16 bits per heavy atom. The topological polar surface area (TPSA) is 47.6 Å². The number of carbonyl (C=O) groups is 1. The first kappa shape index (κ1) is 19.3. The Bertz CT molecular complexity index is 716. The van der Waals surface area contributed by atoms with Gasteiger partial charge in [0.25, 0.3) is 5.91 Å². The number of ether oxygens (including phenoxy) is 2. The standard InChI is InChI=1S/C20H24ClNO3/c1-14(2)24-12-17-7-5-4-6-16(17)11-22-20(23)13-25-19-9-8-18(21)10-15(19)3/h4-10,14H,11-13H2,1-3H3,(H,22,23). The summed E-state index contributed by atoms with van der Waals surface area (Å²) in [5.74, 6) is 0.485. The molecule has 25 heavy (non-hydrogen) atoms. The molecule has 2 aromatic carbocycles. The van der Waals surface area contributed by atoms with Crippen molar-refractivity contribution >= 4 is 17.5 Å². The van der Waals surface area contributed by atoms with E-state index in [1.54, 1.807) is 18.2 Å². The molecule has 0 aliphatic heterocycles. The van der Waals surface area contributed by atoms with Gasteiger partial charge in [-0.25, -0.2) is 0 Å².